The van der Waals surface area contributed by atoms with Crippen LogP contribution < -0.4 is 5.11 Å². The van der Waals surface area contributed by atoms with Gasteiger partial charge in [0.1, 0.15) is 0 Å². The molecule has 1 atom stereocenters. The fourth-order valence-corrected chi connectivity index (χ4v) is 1.35. The van der Waals surface area contributed by atoms with Gasteiger partial charge in [0.15, 0.2) is 5.57 Å². The molecular weight excluding hydrogens is 174 g/mol. The van der Waals surface area contributed by atoms with Gasteiger partial charge < -0.3 is 10.0 Å². The predicted octanol–water partition coefficient (Wildman–Crippen LogP) is 1.02. The maximum Gasteiger partial charge on any atom is 0.193 e. The van der Waals surface area contributed by atoms with Crippen LogP contribution in [0.5, 0.6) is 0 Å². The van der Waals surface area contributed by atoms with Crippen LogP contribution >= 0.6 is 0 Å². The maximum atomic E-state index is 11.4. The third kappa shape index (κ3) is 1.67. The first kappa shape index (κ1) is 8.95. The number of hydrogen-bond acceptors (Lipinski definition) is 2. The van der Waals surface area contributed by atoms with Gasteiger partial charge in [-0.15, -0.1) is 0 Å². The Labute approximate surface area is 83.8 Å². The summed E-state index contributed by atoms with van der Waals surface area (Å²) >= 11 is 0. The second-order valence-corrected chi connectivity index (χ2v) is 3.26. The fourth-order valence-electron chi connectivity index (χ4n) is 1.35. The molecule has 0 fully saturated rings. The van der Waals surface area contributed by atoms with Crippen LogP contribution in [0.15, 0.2) is 42.6 Å². The van der Waals surface area contributed by atoms with Crippen LogP contribution in [0.2, 0.25) is 0 Å². The number of nitrogens with zero attached hydrogens (tertiary/aromatic N) is 1. The van der Waals surface area contributed by atoms with Crippen LogP contribution in [0, 0.1) is 6.08 Å². The zero-order valence-corrected chi connectivity index (χ0v) is 7.97. The normalized spacial score (nSPS) is 20.3. The highest BCUT2D eigenvalue weighted by atomic mass is 16.3. The lowest BCUT2D eigenvalue weighted by Gasteiger charge is -2.26. The molecule has 1 heterocycles. The van der Waals surface area contributed by atoms with Gasteiger partial charge in [0.25, 0.3) is 0 Å². The van der Waals surface area contributed by atoms with Gasteiger partial charge in [0.2, 0.25) is 0 Å². The van der Waals surface area contributed by atoms with E-state index in [-0.39, 0.29) is 0 Å². The summed E-state index contributed by atoms with van der Waals surface area (Å²) in [5.74, 6) is 0. The molecule has 0 N–H and O–H groups in total. The predicted molar refractivity (Wildman–Crippen MR) is 53.8 cm³/mol. The molecule has 0 saturated carbocycles. The first-order chi connectivity index (χ1) is 6.77. The van der Waals surface area contributed by atoms with Crippen molar-refractivity contribution >= 4 is 5.57 Å². The van der Waals surface area contributed by atoms with Crippen molar-refractivity contribution in [3.63, 3.8) is 0 Å². The van der Waals surface area contributed by atoms with Gasteiger partial charge in [0.05, 0.1) is 24.1 Å². The lowest BCUT2D eigenvalue weighted by Crippen LogP contribution is -2.39. The quantitative estimate of drug-likeness (QED) is 0.610. The minimum Gasteiger partial charge on any atom is -0.815 e. The first-order valence-corrected chi connectivity index (χ1v) is 4.52. The summed E-state index contributed by atoms with van der Waals surface area (Å²) in [4.78, 5) is 1.59. The SMILES string of the molecule is CN1C=CC(c2ccccc2)=[C+]C1[O-]. The van der Waals surface area contributed by atoms with Crippen LogP contribution in [-0.2, 0) is 0 Å². The highest BCUT2D eigenvalue weighted by Gasteiger charge is 2.15. The summed E-state index contributed by atoms with van der Waals surface area (Å²) in [7, 11) is 1.75. The zero-order valence-electron chi connectivity index (χ0n) is 7.97. The molecule has 1 aromatic rings. The number of allylic oxidation sites excluding steroid dienone is 2. The minimum atomic E-state index is -0.893. The highest BCUT2D eigenvalue weighted by Crippen LogP contribution is 2.19. The molecule has 0 spiro atoms. The van der Waals surface area contributed by atoms with Crippen molar-refractivity contribution in [2.24, 2.45) is 0 Å². The molecule has 0 radical (unpaired) electrons. The molecule has 2 rings (SSSR count). The lowest BCUT2D eigenvalue weighted by atomic mass is 10.0. The van der Waals surface area contributed by atoms with Crippen LogP contribution in [0.1, 0.15) is 5.56 Å². The molecule has 2 nitrogen and oxygen atoms in total. The van der Waals surface area contributed by atoms with E-state index in [1.54, 1.807) is 18.1 Å². The van der Waals surface area contributed by atoms with Gasteiger partial charge in [-0.2, -0.15) is 0 Å². The molecule has 0 saturated heterocycles. The standard InChI is InChI=1S/C12H11NO/c1-13-8-7-11(9-12(13)14)10-5-3-2-4-6-10/h2-8,12H,1H3. The Balaban J connectivity index is 2.30. The van der Waals surface area contributed by atoms with E-state index in [1.807, 2.05) is 36.4 Å². The molecule has 0 bridgehead atoms. The van der Waals surface area contributed by atoms with E-state index < -0.39 is 6.23 Å². The molecule has 1 aliphatic heterocycles. The van der Waals surface area contributed by atoms with Gasteiger partial charge in [-0.3, -0.25) is 0 Å². The summed E-state index contributed by atoms with van der Waals surface area (Å²) in [5, 5.41) is 11.4. The van der Waals surface area contributed by atoms with E-state index in [0.717, 1.165) is 11.1 Å². The Morgan fingerprint density at radius 3 is 2.64 bits per heavy atom. The summed E-state index contributed by atoms with van der Waals surface area (Å²) in [6, 6.07) is 9.82. The van der Waals surface area contributed by atoms with Crippen molar-refractivity contribution in [3.05, 3.63) is 54.2 Å². The van der Waals surface area contributed by atoms with Crippen LogP contribution in [0.3, 0.4) is 0 Å². The van der Waals surface area contributed by atoms with E-state index in [4.69, 9.17) is 0 Å². The molecule has 2 heteroatoms. The van der Waals surface area contributed by atoms with Gasteiger partial charge in [-0.25, -0.2) is 0 Å². The van der Waals surface area contributed by atoms with Crippen LogP contribution in [-0.4, -0.2) is 18.2 Å². The number of benzene rings is 1. The minimum absolute atomic E-state index is 0.878. The van der Waals surface area contributed by atoms with E-state index in [9.17, 15) is 5.11 Å². The smallest absolute Gasteiger partial charge is 0.193 e. The summed E-state index contributed by atoms with van der Waals surface area (Å²) in [6.45, 7) is 0. The highest BCUT2D eigenvalue weighted by molar-refractivity contribution is 5.73. The lowest BCUT2D eigenvalue weighted by molar-refractivity contribution is -0.435. The average molecular weight is 185 g/mol. The van der Waals surface area contributed by atoms with Crippen molar-refractivity contribution < 1.29 is 5.11 Å². The molecular formula is C12H11NO. The van der Waals surface area contributed by atoms with Crippen molar-refractivity contribution in [2.75, 3.05) is 7.05 Å². The third-order valence-corrected chi connectivity index (χ3v) is 2.21. The third-order valence-electron chi connectivity index (χ3n) is 2.21. The largest absolute Gasteiger partial charge is 0.815 e. The molecule has 1 aromatic carbocycles. The fraction of sp³-hybridized carbons (Fsp3) is 0.167. The summed E-state index contributed by atoms with van der Waals surface area (Å²) < 4.78 is 0. The molecule has 0 aromatic heterocycles. The van der Waals surface area contributed by atoms with E-state index in [1.165, 1.54) is 0 Å². The Morgan fingerprint density at radius 1 is 1.29 bits per heavy atom. The summed E-state index contributed by atoms with van der Waals surface area (Å²) in [6.07, 6.45) is 5.68. The van der Waals surface area contributed by atoms with Crippen LogP contribution in [0.25, 0.3) is 5.57 Å². The van der Waals surface area contributed by atoms with Crippen molar-refractivity contribution in [2.45, 2.75) is 6.23 Å². The summed E-state index contributed by atoms with van der Waals surface area (Å²) in [5.41, 5.74) is 1.92. The van der Waals surface area contributed by atoms with Crippen LogP contribution in [0.4, 0.5) is 0 Å². The van der Waals surface area contributed by atoms with E-state index in [2.05, 4.69) is 6.08 Å². The average Bonchev–Trinajstić information content (AvgIpc) is 2.23. The van der Waals surface area contributed by atoms with Crippen molar-refractivity contribution in [3.8, 4) is 0 Å². The molecule has 1 aliphatic rings. The monoisotopic (exact) mass is 185 g/mol. The number of likely N-dealkylation sites (N-methyl/N-ethyl adjacent to an activating group) is 1. The molecule has 0 amide bonds. The van der Waals surface area contributed by atoms with Crippen molar-refractivity contribution in [1.29, 1.82) is 0 Å². The first-order valence-electron chi connectivity index (χ1n) is 4.52. The van der Waals surface area contributed by atoms with Gasteiger partial charge in [0, 0.05) is 25.3 Å². The van der Waals surface area contributed by atoms with Crippen molar-refractivity contribution in [1.82, 2.24) is 4.90 Å². The van der Waals surface area contributed by atoms with Gasteiger partial charge >= 0.3 is 0 Å². The van der Waals surface area contributed by atoms with E-state index in [0.29, 0.717) is 0 Å². The molecule has 14 heavy (non-hydrogen) atoms. The maximum absolute atomic E-state index is 11.4. The zero-order chi connectivity index (χ0) is 9.97. The number of hydrogen-bond donors (Lipinski definition) is 0. The second kappa shape index (κ2) is 3.62. The molecule has 0 aliphatic carbocycles. The Hall–Kier alpha value is -1.63. The second-order valence-electron chi connectivity index (χ2n) is 3.26. The molecule has 70 valence electrons. The Kier molecular flexibility index (Phi) is 2.32. The van der Waals surface area contributed by atoms with Gasteiger partial charge in [-0.05, 0) is 12.1 Å². The Morgan fingerprint density at radius 2 is 2.00 bits per heavy atom. The topological polar surface area (TPSA) is 26.3 Å². The Bertz CT molecular complexity index is 367. The molecule has 1 unspecified atom stereocenters. The van der Waals surface area contributed by atoms with E-state index >= 15 is 0 Å². The number of rotatable bonds is 1. The van der Waals surface area contributed by atoms with Gasteiger partial charge in [-0.1, -0.05) is 6.07 Å².